The summed E-state index contributed by atoms with van der Waals surface area (Å²) in [6.07, 6.45) is 3.79. The molecule has 3 atom stereocenters. The first-order chi connectivity index (χ1) is 10.3. The quantitative estimate of drug-likeness (QED) is 0.864. The first-order valence-electron chi connectivity index (χ1n) is 7.81. The molecule has 1 unspecified atom stereocenters. The van der Waals surface area contributed by atoms with Crippen LogP contribution in [-0.2, 0) is 21.2 Å². The monoisotopic (exact) mass is 330 g/mol. The normalized spacial score (nSPS) is 24.4. The molecule has 2 rings (SSSR count). The van der Waals surface area contributed by atoms with Crippen LogP contribution in [0.2, 0.25) is 0 Å². The highest BCUT2D eigenvalue weighted by molar-refractivity contribution is 7.90. The minimum Gasteiger partial charge on any atom is -0.380 e. The summed E-state index contributed by atoms with van der Waals surface area (Å²) in [6.45, 7) is 5.59. The van der Waals surface area contributed by atoms with Gasteiger partial charge >= 0.3 is 0 Å². The van der Waals surface area contributed by atoms with Crippen molar-refractivity contribution in [2.45, 2.75) is 70.3 Å². The van der Waals surface area contributed by atoms with Crippen molar-refractivity contribution in [2.24, 2.45) is 0 Å². The van der Waals surface area contributed by atoms with Crippen LogP contribution in [0.4, 0.5) is 0 Å². The molecule has 22 heavy (non-hydrogen) atoms. The first-order valence-corrected chi connectivity index (χ1v) is 9.35. The summed E-state index contributed by atoms with van der Waals surface area (Å²) in [5.41, 5.74) is 1.79. The van der Waals surface area contributed by atoms with Crippen molar-refractivity contribution in [2.75, 3.05) is 7.11 Å². The predicted molar refractivity (Wildman–Crippen MR) is 84.3 cm³/mol. The summed E-state index contributed by atoms with van der Waals surface area (Å²) in [6, 6.07) is -0.207. The second-order valence-electron chi connectivity index (χ2n) is 6.17. The zero-order valence-corrected chi connectivity index (χ0v) is 14.6. The van der Waals surface area contributed by atoms with E-state index in [1.54, 1.807) is 7.11 Å². The van der Waals surface area contributed by atoms with Gasteiger partial charge in [-0.1, -0.05) is 18.0 Å². The number of methoxy groups -OCH3 is 1. The SMILES string of the molecule is CO[C@H]1CCCC[C@H]1S(=O)(=O)NC(C)Cc1c(C)noc1C. The molecule has 126 valence electrons. The third-order valence-electron chi connectivity index (χ3n) is 4.40. The minimum atomic E-state index is -3.40. The molecule has 7 heteroatoms. The lowest BCUT2D eigenvalue weighted by molar-refractivity contribution is 0.0734. The van der Waals surface area contributed by atoms with Gasteiger partial charge in [-0.3, -0.25) is 0 Å². The van der Waals surface area contributed by atoms with Crippen LogP contribution >= 0.6 is 0 Å². The van der Waals surface area contributed by atoms with Gasteiger partial charge in [-0.2, -0.15) is 0 Å². The Kier molecular flexibility index (Phi) is 5.63. The summed E-state index contributed by atoms with van der Waals surface area (Å²) in [5.74, 6) is 0.746. The zero-order chi connectivity index (χ0) is 16.3. The molecule has 1 N–H and O–H groups in total. The molecular formula is C15H26N2O4S. The number of ether oxygens (including phenoxy) is 1. The Labute approximate surface area is 132 Å². The molecule has 1 aromatic heterocycles. The highest BCUT2D eigenvalue weighted by Crippen LogP contribution is 2.26. The second-order valence-corrected chi connectivity index (χ2v) is 8.10. The molecule has 0 radical (unpaired) electrons. The summed E-state index contributed by atoms with van der Waals surface area (Å²) in [5, 5.41) is 3.45. The van der Waals surface area contributed by atoms with Crippen LogP contribution in [0.1, 0.15) is 49.6 Å². The number of hydrogen-bond donors (Lipinski definition) is 1. The van der Waals surface area contributed by atoms with Crippen LogP contribution in [0, 0.1) is 13.8 Å². The lowest BCUT2D eigenvalue weighted by atomic mass is 9.97. The zero-order valence-electron chi connectivity index (χ0n) is 13.8. The van der Waals surface area contributed by atoms with E-state index in [0.29, 0.717) is 12.8 Å². The summed E-state index contributed by atoms with van der Waals surface area (Å²) in [4.78, 5) is 0. The van der Waals surface area contributed by atoms with Gasteiger partial charge in [0.05, 0.1) is 11.8 Å². The molecule has 1 heterocycles. The van der Waals surface area contributed by atoms with E-state index in [-0.39, 0.29) is 12.1 Å². The highest BCUT2D eigenvalue weighted by Gasteiger charge is 2.36. The van der Waals surface area contributed by atoms with Gasteiger partial charge in [0.25, 0.3) is 0 Å². The lowest BCUT2D eigenvalue weighted by Crippen LogP contribution is -2.47. The molecule has 0 amide bonds. The van der Waals surface area contributed by atoms with E-state index >= 15 is 0 Å². The van der Waals surface area contributed by atoms with Crippen LogP contribution in [0.3, 0.4) is 0 Å². The molecule has 1 saturated carbocycles. The molecule has 1 aliphatic rings. The fourth-order valence-corrected chi connectivity index (χ4v) is 5.14. The molecule has 0 bridgehead atoms. The minimum absolute atomic E-state index is 0.207. The third kappa shape index (κ3) is 3.88. The van der Waals surface area contributed by atoms with Crippen molar-refractivity contribution < 1.29 is 17.7 Å². The van der Waals surface area contributed by atoms with E-state index < -0.39 is 15.3 Å². The van der Waals surface area contributed by atoms with Crippen LogP contribution in [0.25, 0.3) is 0 Å². The molecule has 1 aliphatic carbocycles. The van der Waals surface area contributed by atoms with Gasteiger partial charge in [-0.15, -0.1) is 0 Å². The first kappa shape index (κ1) is 17.4. The Morgan fingerprint density at radius 1 is 1.36 bits per heavy atom. The number of aromatic nitrogens is 1. The van der Waals surface area contributed by atoms with Crippen molar-refractivity contribution in [1.82, 2.24) is 9.88 Å². The number of hydrogen-bond acceptors (Lipinski definition) is 5. The molecule has 1 aromatic rings. The maximum Gasteiger partial charge on any atom is 0.217 e. The Balaban J connectivity index is 2.04. The molecule has 6 nitrogen and oxygen atoms in total. The fourth-order valence-electron chi connectivity index (χ4n) is 3.20. The van der Waals surface area contributed by atoms with E-state index in [4.69, 9.17) is 9.26 Å². The molecular weight excluding hydrogens is 304 g/mol. The third-order valence-corrected chi connectivity index (χ3v) is 6.47. The number of nitrogens with zero attached hydrogens (tertiary/aromatic N) is 1. The average molecular weight is 330 g/mol. The fraction of sp³-hybridized carbons (Fsp3) is 0.800. The largest absolute Gasteiger partial charge is 0.380 e. The maximum absolute atomic E-state index is 12.6. The van der Waals surface area contributed by atoms with Gasteiger partial charge in [-0.25, -0.2) is 13.1 Å². The van der Waals surface area contributed by atoms with Crippen molar-refractivity contribution in [3.05, 3.63) is 17.0 Å². The van der Waals surface area contributed by atoms with Gasteiger partial charge in [0.1, 0.15) is 11.0 Å². The Bertz CT molecular complexity index is 577. The van der Waals surface area contributed by atoms with E-state index in [0.717, 1.165) is 36.3 Å². The van der Waals surface area contributed by atoms with Crippen molar-refractivity contribution in [1.29, 1.82) is 0 Å². The summed E-state index contributed by atoms with van der Waals surface area (Å²) >= 11 is 0. The Hall–Kier alpha value is -0.920. The van der Waals surface area contributed by atoms with E-state index in [1.165, 1.54) is 0 Å². The van der Waals surface area contributed by atoms with Gasteiger partial charge in [-0.05, 0) is 40.0 Å². The average Bonchev–Trinajstić information content (AvgIpc) is 2.78. The van der Waals surface area contributed by atoms with Crippen LogP contribution in [-0.4, -0.2) is 38.1 Å². The summed E-state index contributed by atoms with van der Waals surface area (Å²) in [7, 11) is -1.81. The van der Waals surface area contributed by atoms with Crippen molar-refractivity contribution >= 4 is 10.0 Å². The predicted octanol–water partition coefficient (Wildman–Crippen LogP) is 2.10. The molecule has 0 spiro atoms. The summed E-state index contributed by atoms with van der Waals surface area (Å²) < 4.78 is 38.6. The number of sulfonamides is 1. The van der Waals surface area contributed by atoms with Gasteiger partial charge in [0.15, 0.2) is 0 Å². The number of rotatable bonds is 6. The molecule has 0 aromatic carbocycles. The van der Waals surface area contributed by atoms with Gasteiger partial charge < -0.3 is 9.26 Å². The van der Waals surface area contributed by atoms with Crippen molar-refractivity contribution in [3.8, 4) is 0 Å². The molecule has 1 fully saturated rings. The van der Waals surface area contributed by atoms with Gasteiger partial charge in [0, 0.05) is 18.7 Å². The Morgan fingerprint density at radius 3 is 2.64 bits per heavy atom. The number of nitrogens with one attached hydrogen (secondary N) is 1. The molecule has 0 saturated heterocycles. The van der Waals surface area contributed by atoms with Crippen LogP contribution < -0.4 is 4.72 Å². The lowest BCUT2D eigenvalue weighted by Gasteiger charge is -2.31. The standard InChI is InChI=1S/C15H26N2O4S/c1-10(9-13-11(2)16-21-12(13)3)17-22(18,19)15-8-6-5-7-14(15)20-4/h10,14-15,17H,5-9H2,1-4H3/t10?,14-,15+/m0/s1. The maximum atomic E-state index is 12.6. The van der Waals surface area contributed by atoms with Crippen LogP contribution in [0.5, 0.6) is 0 Å². The highest BCUT2D eigenvalue weighted by atomic mass is 32.2. The number of aryl methyl sites for hydroxylation is 2. The smallest absolute Gasteiger partial charge is 0.217 e. The molecule has 0 aliphatic heterocycles. The van der Waals surface area contributed by atoms with Crippen molar-refractivity contribution in [3.63, 3.8) is 0 Å². The second kappa shape index (κ2) is 7.10. The Morgan fingerprint density at radius 2 is 2.05 bits per heavy atom. The van der Waals surface area contributed by atoms with E-state index in [9.17, 15) is 8.42 Å². The van der Waals surface area contributed by atoms with E-state index in [2.05, 4.69) is 9.88 Å². The topological polar surface area (TPSA) is 81.4 Å². The van der Waals surface area contributed by atoms with Crippen LogP contribution in [0.15, 0.2) is 4.52 Å². The van der Waals surface area contributed by atoms with Gasteiger partial charge in [0.2, 0.25) is 10.0 Å². The van der Waals surface area contributed by atoms with E-state index in [1.807, 2.05) is 20.8 Å².